The summed E-state index contributed by atoms with van der Waals surface area (Å²) in [5.41, 5.74) is 2.89. The van der Waals surface area contributed by atoms with Crippen molar-refractivity contribution in [2.45, 2.75) is 32.2 Å². The first-order chi connectivity index (χ1) is 13.1. The Bertz CT molecular complexity index is 935. The van der Waals surface area contributed by atoms with E-state index in [4.69, 9.17) is 4.52 Å². The highest BCUT2D eigenvalue weighted by molar-refractivity contribution is 6.01. The average Bonchev–Trinajstić information content (AvgIpc) is 3.10. The second-order valence-corrected chi connectivity index (χ2v) is 6.89. The smallest absolute Gasteiger partial charge is 0.260 e. The molecule has 4 rings (SSSR count). The quantitative estimate of drug-likeness (QED) is 0.645. The van der Waals surface area contributed by atoms with Crippen LogP contribution in [0.3, 0.4) is 0 Å². The lowest BCUT2D eigenvalue weighted by Gasteiger charge is -2.36. The number of carbonyl (C=O) groups excluding carboxylic acids is 1. The number of rotatable bonds is 3. The Morgan fingerprint density at radius 3 is 2.59 bits per heavy atom. The number of aryl methyl sites for hydroxylation is 1. The highest BCUT2D eigenvalue weighted by atomic mass is 19.1. The van der Waals surface area contributed by atoms with Gasteiger partial charge in [-0.25, -0.2) is 4.39 Å². The normalized spacial score (nSPS) is 17.1. The molecule has 1 unspecified atom stereocenters. The zero-order valence-electron chi connectivity index (χ0n) is 15.2. The van der Waals surface area contributed by atoms with Gasteiger partial charge in [0.05, 0.1) is 6.04 Å². The Labute approximate surface area is 157 Å². The van der Waals surface area contributed by atoms with E-state index >= 15 is 0 Å². The first-order valence-electron chi connectivity index (χ1n) is 9.23. The maximum atomic E-state index is 13.5. The third kappa shape index (κ3) is 3.37. The molecule has 4 nitrogen and oxygen atoms in total. The van der Waals surface area contributed by atoms with Gasteiger partial charge in [-0.15, -0.1) is 0 Å². The van der Waals surface area contributed by atoms with E-state index < -0.39 is 0 Å². The van der Waals surface area contributed by atoms with Crippen LogP contribution in [0.25, 0.3) is 11.3 Å². The van der Waals surface area contributed by atoms with Gasteiger partial charge in [0.2, 0.25) is 0 Å². The third-order valence-electron chi connectivity index (χ3n) is 5.14. The summed E-state index contributed by atoms with van der Waals surface area (Å²) in [6.07, 6.45) is 2.86. The van der Waals surface area contributed by atoms with Gasteiger partial charge in [0.15, 0.2) is 0 Å². The molecular formula is C22H21FN2O2. The number of likely N-dealkylation sites (tertiary alicyclic amines) is 1. The molecule has 3 aromatic rings. The molecule has 1 saturated heterocycles. The van der Waals surface area contributed by atoms with Crippen molar-refractivity contribution in [3.05, 3.63) is 77.3 Å². The molecule has 5 heteroatoms. The van der Waals surface area contributed by atoms with Crippen LogP contribution in [0.2, 0.25) is 0 Å². The van der Waals surface area contributed by atoms with Crippen LogP contribution in [0.1, 0.15) is 47.0 Å². The van der Waals surface area contributed by atoms with Crippen molar-refractivity contribution in [3.8, 4) is 11.3 Å². The lowest BCUT2D eigenvalue weighted by molar-refractivity contribution is 0.0610. The highest BCUT2D eigenvalue weighted by Gasteiger charge is 2.32. The number of hydrogen-bond donors (Lipinski definition) is 0. The Morgan fingerprint density at radius 2 is 1.85 bits per heavy atom. The molecule has 27 heavy (non-hydrogen) atoms. The summed E-state index contributed by atoms with van der Waals surface area (Å²) in [6, 6.07) is 16.0. The topological polar surface area (TPSA) is 46.3 Å². The summed E-state index contributed by atoms with van der Waals surface area (Å²) in [7, 11) is 0. The molecule has 1 aliphatic heterocycles. The Balaban J connectivity index is 1.71. The minimum Gasteiger partial charge on any atom is -0.360 e. The van der Waals surface area contributed by atoms with Crippen LogP contribution in [0, 0.1) is 12.7 Å². The van der Waals surface area contributed by atoms with E-state index in [1.54, 1.807) is 19.1 Å². The molecule has 138 valence electrons. The fourth-order valence-corrected chi connectivity index (χ4v) is 3.77. The van der Waals surface area contributed by atoms with Gasteiger partial charge >= 0.3 is 0 Å². The first-order valence-corrected chi connectivity index (χ1v) is 9.23. The second-order valence-electron chi connectivity index (χ2n) is 6.89. The number of nitrogens with zero attached hydrogens (tertiary/aromatic N) is 2. The van der Waals surface area contributed by atoms with Gasteiger partial charge < -0.3 is 9.42 Å². The molecule has 1 amide bonds. The SMILES string of the molecule is Cc1onc(-c2ccccc2)c1C(=O)N1CCCCC1c1ccc(F)cc1. The summed E-state index contributed by atoms with van der Waals surface area (Å²) < 4.78 is 18.7. The fraction of sp³-hybridized carbons (Fsp3) is 0.273. The van der Waals surface area contributed by atoms with Crippen LogP contribution in [-0.4, -0.2) is 22.5 Å². The second kappa shape index (κ2) is 7.35. The van der Waals surface area contributed by atoms with E-state index in [0.717, 1.165) is 30.4 Å². The van der Waals surface area contributed by atoms with Gasteiger partial charge in [-0.3, -0.25) is 4.79 Å². The van der Waals surface area contributed by atoms with Crippen LogP contribution in [0.4, 0.5) is 4.39 Å². The predicted molar refractivity (Wildman–Crippen MR) is 101 cm³/mol. The zero-order chi connectivity index (χ0) is 18.8. The number of halogens is 1. The molecule has 2 heterocycles. The van der Waals surface area contributed by atoms with E-state index in [2.05, 4.69) is 5.16 Å². The van der Waals surface area contributed by atoms with E-state index in [1.165, 1.54) is 12.1 Å². The van der Waals surface area contributed by atoms with Gasteiger partial charge in [0.1, 0.15) is 22.8 Å². The van der Waals surface area contributed by atoms with Crippen LogP contribution in [-0.2, 0) is 0 Å². The van der Waals surface area contributed by atoms with E-state index in [-0.39, 0.29) is 17.8 Å². The van der Waals surface area contributed by atoms with Gasteiger partial charge in [0, 0.05) is 12.1 Å². The lowest BCUT2D eigenvalue weighted by atomic mass is 9.93. The van der Waals surface area contributed by atoms with Crippen LogP contribution in [0.5, 0.6) is 0 Å². The van der Waals surface area contributed by atoms with Crippen molar-refractivity contribution >= 4 is 5.91 Å². The number of hydrogen-bond acceptors (Lipinski definition) is 3. The molecule has 0 bridgehead atoms. The minimum atomic E-state index is -0.270. The number of aromatic nitrogens is 1. The predicted octanol–water partition coefficient (Wildman–Crippen LogP) is 5.16. The minimum absolute atomic E-state index is 0.0650. The largest absolute Gasteiger partial charge is 0.360 e. The lowest BCUT2D eigenvalue weighted by Crippen LogP contribution is -2.38. The van der Waals surface area contributed by atoms with Crippen molar-refractivity contribution in [1.82, 2.24) is 10.1 Å². The molecular weight excluding hydrogens is 343 g/mol. The van der Waals surface area contributed by atoms with Crippen molar-refractivity contribution in [1.29, 1.82) is 0 Å². The number of carbonyl (C=O) groups is 1. The maximum absolute atomic E-state index is 13.5. The monoisotopic (exact) mass is 364 g/mol. The third-order valence-corrected chi connectivity index (χ3v) is 5.14. The van der Waals surface area contributed by atoms with Crippen molar-refractivity contribution in [2.75, 3.05) is 6.54 Å². The Kier molecular flexibility index (Phi) is 4.75. The standard InChI is InChI=1S/C22H21FN2O2/c1-15-20(21(24-27-15)17-7-3-2-4-8-17)22(26)25-14-6-5-9-19(25)16-10-12-18(23)13-11-16/h2-4,7-8,10-13,19H,5-6,9,14H2,1H3. The van der Waals surface area contributed by atoms with Crippen LogP contribution >= 0.6 is 0 Å². The van der Waals surface area contributed by atoms with E-state index in [1.807, 2.05) is 35.2 Å². The number of amides is 1. The van der Waals surface area contributed by atoms with Gasteiger partial charge in [-0.05, 0) is 43.9 Å². The molecule has 1 fully saturated rings. The summed E-state index contributed by atoms with van der Waals surface area (Å²) in [5.74, 6) is 0.164. The van der Waals surface area contributed by atoms with Crippen molar-refractivity contribution in [2.24, 2.45) is 0 Å². The summed E-state index contributed by atoms with van der Waals surface area (Å²) in [6.45, 7) is 2.43. The average molecular weight is 364 g/mol. The molecule has 0 aliphatic carbocycles. The van der Waals surface area contributed by atoms with E-state index in [0.29, 0.717) is 23.6 Å². The molecule has 0 N–H and O–H groups in total. The molecule has 0 saturated carbocycles. The molecule has 0 spiro atoms. The molecule has 2 aromatic carbocycles. The van der Waals surface area contributed by atoms with Gasteiger partial charge in [-0.1, -0.05) is 47.6 Å². The molecule has 1 atom stereocenters. The van der Waals surface area contributed by atoms with Crippen molar-refractivity contribution < 1.29 is 13.7 Å². The molecule has 0 radical (unpaired) electrons. The summed E-state index contributed by atoms with van der Waals surface area (Å²) in [5, 5.41) is 4.14. The zero-order valence-corrected chi connectivity index (χ0v) is 15.2. The Morgan fingerprint density at radius 1 is 1.11 bits per heavy atom. The molecule has 1 aliphatic rings. The maximum Gasteiger partial charge on any atom is 0.260 e. The first kappa shape index (κ1) is 17.5. The van der Waals surface area contributed by atoms with E-state index in [9.17, 15) is 9.18 Å². The van der Waals surface area contributed by atoms with Gasteiger partial charge in [0.25, 0.3) is 5.91 Å². The Hall–Kier alpha value is -2.95. The fourth-order valence-electron chi connectivity index (χ4n) is 3.77. The van der Waals surface area contributed by atoms with Crippen LogP contribution in [0.15, 0.2) is 59.1 Å². The summed E-state index contributed by atoms with van der Waals surface area (Å²) in [4.78, 5) is 15.4. The summed E-state index contributed by atoms with van der Waals surface area (Å²) >= 11 is 0. The van der Waals surface area contributed by atoms with Crippen LogP contribution < -0.4 is 0 Å². The number of piperidine rings is 1. The molecule has 1 aromatic heterocycles. The number of benzene rings is 2. The van der Waals surface area contributed by atoms with Gasteiger partial charge in [-0.2, -0.15) is 0 Å². The van der Waals surface area contributed by atoms with Crippen molar-refractivity contribution in [3.63, 3.8) is 0 Å². The highest BCUT2D eigenvalue weighted by Crippen LogP contribution is 2.35.